The summed E-state index contributed by atoms with van der Waals surface area (Å²) < 4.78 is 0. The Bertz CT molecular complexity index is 370. The molecule has 2 heterocycles. The second-order valence-corrected chi connectivity index (χ2v) is 6.11. The molecular weight excluding hydrogens is 246 g/mol. The number of hydrogen-bond acceptors (Lipinski definition) is 4. The van der Waals surface area contributed by atoms with Gasteiger partial charge in [-0.2, -0.15) is 0 Å². The third-order valence-electron chi connectivity index (χ3n) is 3.14. The lowest BCUT2D eigenvalue weighted by Gasteiger charge is -2.32. The van der Waals surface area contributed by atoms with Gasteiger partial charge in [-0.1, -0.05) is 13.8 Å². The van der Waals surface area contributed by atoms with Crippen molar-refractivity contribution < 1.29 is 4.79 Å². The van der Waals surface area contributed by atoms with E-state index in [-0.39, 0.29) is 5.91 Å². The highest BCUT2D eigenvalue weighted by Gasteiger charge is 2.21. The number of aromatic nitrogens is 1. The molecule has 1 aromatic rings. The molecule has 4 nitrogen and oxygen atoms in total. The second-order valence-electron chi connectivity index (χ2n) is 5.24. The third kappa shape index (κ3) is 3.70. The lowest BCUT2D eigenvalue weighted by Crippen LogP contribution is -2.44. The van der Waals surface area contributed by atoms with Gasteiger partial charge in [0.1, 0.15) is 0 Å². The van der Waals surface area contributed by atoms with E-state index in [2.05, 4.69) is 29.0 Å². The molecule has 2 rings (SSSR count). The summed E-state index contributed by atoms with van der Waals surface area (Å²) in [6.07, 6.45) is 4.51. The number of hydrogen-bond donors (Lipinski definition) is 1. The second kappa shape index (κ2) is 6.18. The summed E-state index contributed by atoms with van der Waals surface area (Å²) >= 11 is 1.68. The van der Waals surface area contributed by atoms with E-state index < -0.39 is 0 Å². The van der Waals surface area contributed by atoms with E-state index in [0.29, 0.717) is 18.4 Å². The number of piperidine rings is 1. The number of thiazole rings is 1. The summed E-state index contributed by atoms with van der Waals surface area (Å²) in [6, 6.07) is 0.340. The van der Waals surface area contributed by atoms with E-state index in [1.165, 1.54) is 0 Å². The Hall–Kier alpha value is -1.10. The molecule has 5 heteroatoms. The predicted octanol–water partition coefficient (Wildman–Crippen LogP) is 2.27. The van der Waals surface area contributed by atoms with E-state index in [9.17, 15) is 4.79 Å². The normalized spacial score (nSPS) is 17.2. The fourth-order valence-corrected chi connectivity index (χ4v) is 2.94. The Labute approximate surface area is 112 Å². The molecule has 18 heavy (non-hydrogen) atoms. The number of rotatable bonds is 4. The molecule has 1 fully saturated rings. The molecule has 1 N–H and O–H groups in total. The number of nitrogens with zero attached hydrogens (tertiary/aromatic N) is 2. The van der Waals surface area contributed by atoms with E-state index in [4.69, 9.17) is 0 Å². The van der Waals surface area contributed by atoms with Gasteiger partial charge in [-0.05, 0) is 18.8 Å². The van der Waals surface area contributed by atoms with Gasteiger partial charge < -0.3 is 10.2 Å². The van der Waals surface area contributed by atoms with Crippen molar-refractivity contribution in [1.82, 2.24) is 10.3 Å². The summed E-state index contributed by atoms with van der Waals surface area (Å²) in [6.45, 7) is 6.12. The van der Waals surface area contributed by atoms with Gasteiger partial charge in [0.15, 0.2) is 5.13 Å². The largest absolute Gasteiger partial charge is 0.353 e. The average Bonchev–Trinajstić information content (AvgIpc) is 2.82. The van der Waals surface area contributed by atoms with Crippen LogP contribution in [0.2, 0.25) is 0 Å². The van der Waals surface area contributed by atoms with Crippen LogP contribution >= 0.6 is 11.3 Å². The van der Waals surface area contributed by atoms with Gasteiger partial charge in [-0.3, -0.25) is 4.79 Å². The standard InChI is InChI=1S/C13H21N3OS/c1-10(2)9-12(17)15-11-3-6-16(7-4-11)13-14-5-8-18-13/h5,8,10-11H,3-4,6-7,9H2,1-2H3,(H,15,17). The van der Waals surface area contributed by atoms with Crippen molar-refractivity contribution in [2.24, 2.45) is 5.92 Å². The number of amides is 1. The van der Waals surface area contributed by atoms with Crippen molar-refractivity contribution in [2.75, 3.05) is 18.0 Å². The molecule has 0 saturated carbocycles. The fraction of sp³-hybridized carbons (Fsp3) is 0.692. The van der Waals surface area contributed by atoms with Crippen LogP contribution in [0.4, 0.5) is 5.13 Å². The van der Waals surface area contributed by atoms with Crippen LogP contribution in [0, 0.1) is 5.92 Å². The van der Waals surface area contributed by atoms with Crippen LogP contribution in [0.1, 0.15) is 33.1 Å². The molecule has 100 valence electrons. The number of carbonyl (C=O) groups excluding carboxylic acids is 1. The minimum absolute atomic E-state index is 0.192. The van der Waals surface area contributed by atoms with Crippen LogP contribution in [0.25, 0.3) is 0 Å². The summed E-state index contributed by atoms with van der Waals surface area (Å²) in [5, 5.41) is 6.24. The monoisotopic (exact) mass is 267 g/mol. The zero-order valence-corrected chi connectivity index (χ0v) is 11.9. The van der Waals surface area contributed by atoms with Crippen molar-refractivity contribution in [3.63, 3.8) is 0 Å². The smallest absolute Gasteiger partial charge is 0.220 e. The van der Waals surface area contributed by atoms with Gasteiger partial charge in [-0.25, -0.2) is 4.98 Å². The van der Waals surface area contributed by atoms with E-state index in [1.54, 1.807) is 11.3 Å². The van der Waals surface area contributed by atoms with Crippen molar-refractivity contribution in [3.05, 3.63) is 11.6 Å². The highest BCUT2D eigenvalue weighted by atomic mass is 32.1. The topological polar surface area (TPSA) is 45.2 Å². The Morgan fingerprint density at radius 3 is 2.83 bits per heavy atom. The predicted molar refractivity (Wildman–Crippen MR) is 74.9 cm³/mol. The van der Waals surface area contributed by atoms with Crippen LogP contribution in [-0.2, 0) is 4.79 Å². The first kappa shape index (κ1) is 13.3. The Morgan fingerprint density at radius 2 is 2.28 bits per heavy atom. The Balaban J connectivity index is 1.75. The summed E-state index contributed by atoms with van der Waals surface area (Å²) in [5.74, 6) is 0.623. The molecule has 1 saturated heterocycles. The first-order valence-electron chi connectivity index (χ1n) is 6.59. The quantitative estimate of drug-likeness (QED) is 0.910. The SMILES string of the molecule is CC(C)CC(=O)NC1CCN(c2nccs2)CC1. The van der Waals surface area contributed by atoms with Gasteiger partial charge in [0, 0.05) is 37.1 Å². The minimum Gasteiger partial charge on any atom is -0.353 e. The lowest BCUT2D eigenvalue weighted by molar-refractivity contribution is -0.122. The molecule has 0 bridgehead atoms. The molecule has 0 spiro atoms. The first-order valence-corrected chi connectivity index (χ1v) is 7.47. The molecule has 0 unspecified atom stereocenters. The third-order valence-corrected chi connectivity index (χ3v) is 3.98. The van der Waals surface area contributed by atoms with Crippen molar-refractivity contribution in [1.29, 1.82) is 0 Å². The summed E-state index contributed by atoms with van der Waals surface area (Å²) in [5.41, 5.74) is 0. The minimum atomic E-state index is 0.192. The van der Waals surface area contributed by atoms with Crippen molar-refractivity contribution >= 4 is 22.4 Å². The zero-order chi connectivity index (χ0) is 13.0. The maximum absolute atomic E-state index is 11.7. The van der Waals surface area contributed by atoms with Gasteiger partial charge in [0.2, 0.25) is 5.91 Å². The number of nitrogens with one attached hydrogen (secondary N) is 1. The number of carbonyl (C=O) groups is 1. The Kier molecular flexibility index (Phi) is 4.58. The van der Waals surface area contributed by atoms with Crippen molar-refractivity contribution in [3.8, 4) is 0 Å². The molecule has 0 atom stereocenters. The lowest BCUT2D eigenvalue weighted by atomic mass is 10.0. The zero-order valence-electron chi connectivity index (χ0n) is 11.1. The van der Waals surface area contributed by atoms with Crippen molar-refractivity contribution in [2.45, 2.75) is 39.2 Å². The molecular formula is C13H21N3OS. The molecule has 1 amide bonds. The number of anilines is 1. The molecule has 0 radical (unpaired) electrons. The first-order chi connectivity index (χ1) is 8.65. The van der Waals surface area contributed by atoms with Crippen LogP contribution < -0.4 is 10.2 Å². The van der Waals surface area contributed by atoms with Crippen LogP contribution in [0.15, 0.2) is 11.6 Å². The maximum Gasteiger partial charge on any atom is 0.220 e. The summed E-state index contributed by atoms with van der Waals surface area (Å²) in [7, 11) is 0. The van der Waals surface area contributed by atoms with Crippen LogP contribution in [0.3, 0.4) is 0 Å². The molecule has 0 aromatic carbocycles. The highest BCUT2D eigenvalue weighted by Crippen LogP contribution is 2.22. The average molecular weight is 267 g/mol. The van der Waals surface area contributed by atoms with E-state index in [1.807, 2.05) is 11.6 Å². The molecule has 1 aromatic heterocycles. The van der Waals surface area contributed by atoms with Gasteiger partial charge >= 0.3 is 0 Å². The highest BCUT2D eigenvalue weighted by molar-refractivity contribution is 7.13. The molecule has 1 aliphatic heterocycles. The van der Waals surface area contributed by atoms with E-state index >= 15 is 0 Å². The van der Waals surface area contributed by atoms with E-state index in [0.717, 1.165) is 31.1 Å². The van der Waals surface area contributed by atoms with Crippen LogP contribution in [-0.4, -0.2) is 30.0 Å². The van der Waals surface area contributed by atoms with Gasteiger partial charge in [-0.15, -0.1) is 11.3 Å². The van der Waals surface area contributed by atoms with Gasteiger partial charge in [0.25, 0.3) is 0 Å². The van der Waals surface area contributed by atoms with Crippen LogP contribution in [0.5, 0.6) is 0 Å². The molecule has 1 aliphatic rings. The maximum atomic E-state index is 11.7. The Morgan fingerprint density at radius 1 is 1.56 bits per heavy atom. The fourth-order valence-electron chi connectivity index (χ4n) is 2.24. The molecule has 0 aliphatic carbocycles. The van der Waals surface area contributed by atoms with Gasteiger partial charge in [0.05, 0.1) is 0 Å². The summed E-state index contributed by atoms with van der Waals surface area (Å²) in [4.78, 5) is 18.3.